The Morgan fingerprint density at radius 1 is 1.06 bits per heavy atom. The lowest BCUT2D eigenvalue weighted by atomic mass is 9.74. The Labute approximate surface area is 197 Å². The minimum absolute atomic E-state index is 0.0907. The molecule has 0 saturated carbocycles. The molecular formula is C26H28N2O6. The number of benzene rings is 2. The molecule has 34 heavy (non-hydrogen) atoms. The van der Waals surface area contributed by atoms with Crippen molar-refractivity contribution in [2.45, 2.75) is 25.7 Å². The van der Waals surface area contributed by atoms with E-state index >= 15 is 0 Å². The molecule has 1 aliphatic heterocycles. The number of nitrogens with one attached hydrogen (secondary N) is 1. The van der Waals surface area contributed by atoms with Gasteiger partial charge in [0.15, 0.2) is 5.78 Å². The first kappa shape index (κ1) is 22.6. The lowest BCUT2D eigenvalue weighted by Crippen LogP contribution is -2.37. The van der Waals surface area contributed by atoms with Crippen LogP contribution in [0.15, 0.2) is 18.2 Å². The normalized spacial score (nSPS) is 20.2. The number of ether oxygens (including phenoxy) is 1. The van der Waals surface area contributed by atoms with Gasteiger partial charge in [0.05, 0.1) is 30.3 Å². The molecule has 5 rings (SSSR count). The minimum atomic E-state index is -0.550. The largest absolute Gasteiger partial charge is 0.507 e. The summed E-state index contributed by atoms with van der Waals surface area (Å²) in [5, 5.41) is 25.6. The number of Topliss-reactive ketones (excluding diaryl/α,β-unsaturated/α-hetero) is 1. The molecule has 1 heterocycles. The fourth-order valence-electron chi connectivity index (χ4n) is 5.49. The van der Waals surface area contributed by atoms with E-state index in [1.54, 1.807) is 12.1 Å². The predicted molar refractivity (Wildman–Crippen MR) is 124 cm³/mol. The van der Waals surface area contributed by atoms with Crippen LogP contribution in [0.2, 0.25) is 0 Å². The number of aromatic hydroxyl groups is 2. The van der Waals surface area contributed by atoms with E-state index in [1.807, 2.05) is 0 Å². The summed E-state index contributed by atoms with van der Waals surface area (Å²) in [6.45, 7) is 3.82. The average Bonchev–Trinajstić information content (AvgIpc) is 3.12. The van der Waals surface area contributed by atoms with Crippen LogP contribution >= 0.6 is 0 Å². The molecule has 8 nitrogen and oxygen atoms in total. The van der Waals surface area contributed by atoms with Gasteiger partial charge < -0.3 is 20.3 Å². The lowest BCUT2D eigenvalue weighted by molar-refractivity contribution is -0.124. The number of methoxy groups -OCH3 is 1. The maximum atomic E-state index is 13.3. The van der Waals surface area contributed by atoms with Crippen molar-refractivity contribution in [1.29, 1.82) is 0 Å². The summed E-state index contributed by atoms with van der Waals surface area (Å²) in [6.07, 6.45) is 2.09. The van der Waals surface area contributed by atoms with E-state index in [9.17, 15) is 24.6 Å². The van der Waals surface area contributed by atoms with Gasteiger partial charge in [0.1, 0.15) is 23.0 Å². The zero-order valence-corrected chi connectivity index (χ0v) is 19.1. The standard InChI is InChI=1S/C26H28N2O6/c1-34-19-5-2-4-16-20(19)26(33)22-21(24(16)31)25(32)17-12-14(6-7-15(17)23(22)30)18(29)13-28-10-3-8-27-9-11-28/h2,4-5,14,27,30,32H,3,6-13H2,1H3/t14-/m0/s1. The molecule has 2 aromatic carbocycles. The third kappa shape index (κ3) is 3.58. The summed E-state index contributed by atoms with van der Waals surface area (Å²) >= 11 is 0. The molecule has 0 amide bonds. The zero-order chi connectivity index (χ0) is 24.0. The maximum Gasteiger partial charge on any atom is 0.202 e. The van der Waals surface area contributed by atoms with Gasteiger partial charge in [-0.05, 0) is 44.8 Å². The second-order valence-electron chi connectivity index (χ2n) is 9.23. The lowest BCUT2D eigenvalue weighted by Gasteiger charge is -2.30. The van der Waals surface area contributed by atoms with Crippen molar-refractivity contribution < 1.29 is 29.3 Å². The number of phenols is 2. The number of carbonyl (C=O) groups excluding carboxylic acids is 3. The second kappa shape index (κ2) is 8.85. The van der Waals surface area contributed by atoms with Crippen molar-refractivity contribution in [1.82, 2.24) is 10.2 Å². The van der Waals surface area contributed by atoms with Gasteiger partial charge in [-0.2, -0.15) is 0 Å². The minimum Gasteiger partial charge on any atom is -0.507 e. The molecule has 0 radical (unpaired) electrons. The molecular weight excluding hydrogens is 436 g/mol. The van der Waals surface area contributed by atoms with Gasteiger partial charge in [-0.3, -0.25) is 19.3 Å². The van der Waals surface area contributed by atoms with Crippen LogP contribution in [0.4, 0.5) is 0 Å². The Balaban J connectivity index is 1.49. The monoisotopic (exact) mass is 464 g/mol. The van der Waals surface area contributed by atoms with Gasteiger partial charge in [-0.15, -0.1) is 0 Å². The summed E-state index contributed by atoms with van der Waals surface area (Å²) in [4.78, 5) is 41.9. The Morgan fingerprint density at radius 3 is 2.62 bits per heavy atom. The van der Waals surface area contributed by atoms with E-state index < -0.39 is 11.6 Å². The van der Waals surface area contributed by atoms with Gasteiger partial charge in [-0.25, -0.2) is 0 Å². The molecule has 0 aromatic heterocycles. The third-order valence-corrected chi connectivity index (χ3v) is 7.29. The molecule has 2 aromatic rings. The first-order valence-electron chi connectivity index (χ1n) is 11.7. The maximum absolute atomic E-state index is 13.3. The SMILES string of the molecule is COc1cccc2c1C(=O)c1c(O)c3c(c(O)c1C2=O)C[C@@H](C(=O)CN1CCCNCC1)CC3. The van der Waals surface area contributed by atoms with Crippen LogP contribution in [0.5, 0.6) is 17.2 Å². The number of hydrogen-bond acceptors (Lipinski definition) is 8. The molecule has 0 unspecified atom stereocenters. The van der Waals surface area contributed by atoms with Gasteiger partial charge in [-0.1, -0.05) is 12.1 Å². The van der Waals surface area contributed by atoms with E-state index in [1.165, 1.54) is 13.2 Å². The molecule has 2 aliphatic carbocycles. The van der Waals surface area contributed by atoms with Crippen molar-refractivity contribution in [3.8, 4) is 17.2 Å². The first-order valence-corrected chi connectivity index (χ1v) is 11.7. The first-order chi connectivity index (χ1) is 16.4. The summed E-state index contributed by atoms with van der Waals surface area (Å²) in [6, 6.07) is 4.70. The molecule has 3 aliphatic rings. The Bertz CT molecular complexity index is 1200. The smallest absolute Gasteiger partial charge is 0.202 e. The van der Waals surface area contributed by atoms with Crippen LogP contribution in [0, 0.1) is 5.92 Å². The molecule has 0 bridgehead atoms. The highest BCUT2D eigenvalue weighted by molar-refractivity contribution is 6.31. The van der Waals surface area contributed by atoms with Crippen LogP contribution in [-0.4, -0.2) is 72.3 Å². The number of fused-ring (bicyclic) bond motifs is 3. The van der Waals surface area contributed by atoms with E-state index in [2.05, 4.69) is 10.2 Å². The summed E-state index contributed by atoms with van der Waals surface area (Å²) in [5.41, 5.74) is 0.691. The molecule has 1 atom stereocenters. The summed E-state index contributed by atoms with van der Waals surface area (Å²) in [7, 11) is 1.41. The van der Waals surface area contributed by atoms with E-state index in [-0.39, 0.29) is 57.6 Å². The number of ketones is 3. The number of nitrogens with zero attached hydrogens (tertiary/aromatic N) is 1. The van der Waals surface area contributed by atoms with Crippen LogP contribution in [0.3, 0.4) is 0 Å². The summed E-state index contributed by atoms with van der Waals surface area (Å²) in [5.74, 6) is -1.63. The van der Waals surface area contributed by atoms with Gasteiger partial charge >= 0.3 is 0 Å². The Hall–Kier alpha value is -3.23. The van der Waals surface area contributed by atoms with E-state index in [0.29, 0.717) is 30.5 Å². The van der Waals surface area contributed by atoms with Gasteiger partial charge in [0.2, 0.25) is 5.78 Å². The molecule has 178 valence electrons. The highest BCUT2D eigenvalue weighted by atomic mass is 16.5. The molecule has 1 fully saturated rings. The van der Waals surface area contributed by atoms with Crippen molar-refractivity contribution in [3.05, 3.63) is 51.6 Å². The predicted octanol–water partition coefficient (Wildman–Crippen LogP) is 1.85. The topological polar surface area (TPSA) is 116 Å². The quantitative estimate of drug-likeness (QED) is 0.501. The third-order valence-electron chi connectivity index (χ3n) is 7.29. The van der Waals surface area contributed by atoms with Crippen LogP contribution in [-0.2, 0) is 17.6 Å². The molecule has 8 heteroatoms. The Morgan fingerprint density at radius 2 is 1.82 bits per heavy atom. The van der Waals surface area contributed by atoms with Gasteiger partial charge in [0.25, 0.3) is 0 Å². The van der Waals surface area contributed by atoms with Crippen LogP contribution in [0.1, 0.15) is 55.8 Å². The van der Waals surface area contributed by atoms with Gasteiger partial charge in [0, 0.05) is 35.7 Å². The second-order valence-corrected chi connectivity index (χ2v) is 9.23. The van der Waals surface area contributed by atoms with Crippen LogP contribution in [0.25, 0.3) is 0 Å². The zero-order valence-electron chi connectivity index (χ0n) is 19.1. The van der Waals surface area contributed by atoms with Crippen molar-refractivity contribution in [2.75, 3.05) is 39.8 Å². The van der Waals surface area contributed by atoms with Crippen molar-refractivity contribution in [2.24, 2.45) is 5.92 Å². The van der Waals surface area contributed by atoms with E-state index in [0.717, 1.165) is 32.6 Å². The van der Waals surface area contributed by atoms with Crippen LogP contribution < -0.4 is 10.1 Å². The van der Waals surface area contributed by atoms with E-state index in [4.69, 9.17) is 4.74 Å². The molecule has 0 spiro atoms. The number of hydrogen-bond donors (Lipinski definition) is 3. The number of phenolic OH excluding ortho intramolecular Hbond substituents is 2. The Kier molecular flexibility index (Phi) is 5.87. The molecule has 3 N–H and O–H groups in total. The highest BCUT2D eigenvalue weighted by Crippen LogP contribution is 2.47. The number of rotatable bonds is 4. The highest BCUT2D eigenvalue weighted by Gasteiger charge is 2.41. The van der Waals surface area contributed by atoms with Crippen molar-refractivity contribution >= 4 is 17.3 Å². The number of carbonyl (C=O) groups is 3. The van der Waals surface area contributed by atoms with Crippen molar-refractivity contribution in [3.63, 3.8) is 0 Å². The summed E-state index contributed by atoms with van der Waals surface area (Å²) < 4.78 is 5.28. The fraction of sp³-hybridized carbons (Fsp3) is 0.423. The fourth-order valence-corrected chi connectivity index (χ4v) is 5.49. The average molecular weight is 465 g/mol. The molecule has 1 saturated heterocycles.